The van der Waals surface area contributed by atoms with Crippen molar-refractivity contribution in [1.82, 2.24) is 0 Å². The molecule has 0 bridgehead atoms. The molecule has 1 unspecified atom stereocenters. The van der Waals surface area contributed by atoms with E-state index in [0.29, 0.717) is 12.3 Å². The van der Waals surface area contributed by atoms with Crippen LogP contribution in [0.5, 0.6) is 5.75 Å². The summed E-state index contributed by atoms with van der Waals surface area (Å²) in [7, 11) is 0. The Labute approximate surface area is 115 Å². The van der Waals surface area contributed by atoms with Gasteiger partial charge in [0.25, 0.3) is 0 Å². The van der Waals surface area contributed by atoms with Crippen LogP contribution in [0.4, 0.5) is 11.4 Å². The van der Waals surface area contributed by atoms with E-state index >= 15 is 0 Å². The summed E-state index contributed by atoms with van der Waals surface area (Å²) in [5.74, 6) is 0.757. The van der Waals surface area contributed by atoms with Gasteiger partial charge in [0, 0.05) is 18.4 Å². The average Bonchev–Trinajstić information content (AvgIpc) is 2.40. The molecule has 2 rings (SSSR count). The van der Waals surface area contributed by atoms with Gasteiger partial charge in [0.1, 0.15) is 5.75 Å². The molecule has 0 amide bonds. The molecular formula is C15H24N2O2. The highest BCUT2D eigenvalue weighted by atomic mass is 16.5. The summed E-state index contributed by atoms with van der Waals surface area (Å²) in [6.45, 7) is 6.56. The van der Waals surface area contributed by atoms with Crippen molar-refractivity contribution in [2.75, 3.05) is 30.9 Å². The van der Waals surface area contributed by atoms with Gasteiger partial charge in [-0.2, -0.15) is 0 Å². The molecule has 1 aromatic rings. The SMILES string of the molecule is CCCOc1cc(NC2(C)CCCOC2)ccc1N. The van der Waals surface area contributed by atoms with Crippen LogP contribution in [0.15, 0.2) is 18.2 Å². The van der Waals surface area contributed by atoms with E-state index in [-0.39, 0.29) is 5.54 Å². The van der Waals surface area contributed by atoms with Crippen molar-refractivity contribution in [3.8, 4) is 5.75 Å². The summed E-state index contributed by atoms with van der Waals surface area (Å²) >= 11 is 0. The number of rotatable bonds is 5. The van der Waals surface area contributed by atoms with Crippen molar-refractivity contribution in [2.45, 2.75) is 38.6 Å². The summed E-state index contributed by atoms with van der Waals surface area (Å²) in [6.07, 6.45) is 3.18. The van der Waals surface area contributed by atoms with Gasteiger partial charge in [-0.1, -0.05) is 6.92 Å². The minimum Gasteiger partial charge on any atom is -0.491 e. The first kappa shape index (κ1) is 14.0. The number of nitrogens with two attached hydrogens (primary N) is 1. The van der Waals surface area contributed by atoms with Crippen LogP contribution in [-0.2, 0) is 4.74 Å². The van der Waals surface area contributed by atoms with Crippen molar-refractivity contribution >= 4 is 11.4 Å². The maximum Gasteiger partial charge on any atom is 0.144 e. The molecular weight excluding hydrogens is 240 g/mol. The fraction of sp³-hybridized carbons (Fsp3) is 0.600. The Morgan fingerprint density at radius 1 is 1.47 bits per heavy atom. The Morgan fingerprint density at radius 3 is 3.00 bits per heavy atom. The minimum absolute atomic E-state index is 0.00358. The van der Waals surface area contributed by atoms with Crippen molar-refractivity contribution in [2.24, 2.45) is 0 Å². The van der Waals surface area contributed by atoms with Crippen LogP contribution < -0.4 is 15.8 Å². The lowest BCUT2D eigenvalue weighted by Crippen LogP contribution is -2.43. The largest absolute Gasteiger partial charge is 0.491 e. The van der Waals surface area contributed by atoms with Crippen molar-refractivity contribution in [1.29, 1.82) is 0 Å². The van der Waals surface area contributed by atoms with E-state index < -0.39 is 0 Å². The first-order valence-corrected chi connectivity index (χ1v) is 7.01. The van der Waals surface area contributed by atoms with Crippen LogP contribution >= 0.6 is 0 Å². The molecule has 0 aromatic heterocycles. The lowest BCUT2D eigenvalue weighted by Gasteiger charge is -2.35. The van der Waals surface area contributed by atoms with E-state index in [1.165, 1.54) is 0 Å². The van der Waals surface area contributed by atoms with E-state index in [1.807, 2.05) is 18.2 Å². The maximum absolute atomic E-state index is 5.92. The third kappa shape index (κ3) is 3.77. The Hall–Kier alpha value is -1.42. The molecule has 1 saturated heterocycles. The van der Waals surface area contributed by atoms with E-state index in [2.05, 4.69) is 19.2 Å². The van der Waals surface area contributed by atoms with E-state index in [9.17, 15) is 0 Å². The molecule has 0 aliphatic carbocycles. The zero-order valence-electron chi connectivity index (χ0n) is 11.9. The second kappa shape index (κ2) is 6.15. The smallest absolute Gasteiger partial charge is 0.144 e. The topological polar surface area (TPSA) is 56.5 Å². The Bertz CT molecular complexity index is 415. The van der Waals surface area contributed by atoms with Crippen molar-refractivity contribution in [3.05, 3.63) is 18.2 Å². The van der Waals surface area contributed by atoms with E-state index in [1.54, 1.807) is 0 Å². The molecule has 1 atom stereocenters. The Kier molecular flexibility index (Phi) is 4.53. The molecule has 0 radical (unpaired) electrons. The number of anilines is 2. The molecule has 4 nitrogen and oxygen atoms in total. The molecule has 1 heterocycles. The van der Waals surface area contributed by atoms with Gasteiger partial charge in [-0.15, -0.1) is 0 Å². The molecule has 1 aliphatic rings. The predicted octanol–water partition coefficient (Wildman–Crippen LogP) is 3.04. The maximum atomic E-state index is 5.92. The Morgan fingerprint density at radius 2 is 2.32 bits per heavy atom. The van der Waals surface area contributed by atoms with Crippen LogP contribution in [-0.4, -0.2) is 25.4 Å². The number of hydrogen-bond acceptors (Lipinski definition) is 4. The minimum atomic E-state index is -0.00358. The van der Waals surface area contributed by atoms with Crippen molar-refractivity contribution < 1.29 is 9.47 Å². The lowest BCUT2D eigenvalue weighted by molar-refractivity contribution is 0.0540. The monoisotopic (exact) mass is 264 g/mol. The van der Waals surface area contributed by atoms with Crippen LogP contribution in [0.1, 0.15) is 33.1 Å². The molecule has 1 aromatic carbocycles. The molecule has 1 fully saturated rings. The van der Waals surface area contributed by atoms with Gasteiger partial charge < -0.3 is 20.5 Å². The van der Waals surface area contributed by atoms with Gasteiger partial charge >= 0.3 is 0 Å². The van der Waals surface area contributed by atoms with Gasteiger partial charge in [-0.05, 0) is 38.3 Å². The Balaban J connectivity index is 2.07. The second-order valence-electron chi connectivity index (χ2n) is 5.44. The molecule has 0 saturated carbocycles. The number of nitrogen functional groups attached to an aromatic ring is 1. The summed E-state index contributed by atoms with van der Waals surface area (Å²) in [5.41, 5.74) is 7.64. The summed E-state index contributed by atoms with van der Waals surface area (Å²) < 4.78 is 11.2. The van der Waals surface area contributed by atoms with Crippen LogP contribution in [0.3, 0.4) is 0 Å². The number of ether oxygens (including phenoxy) is 2. The molecule has 3 N–H and O–H groups in total. The zero-order chi connectivity index (χ0) is 13.7. The molecule has 19 heavy (non-hydrogen) atoms. The summed E-state index contributed by atoms with van der Waals surface area (Å²) in [5, 5.41) is 3.54. The number of hydrogen-bond donors (Lipinski definition) is 2. The lowest BCUT2D eigenvalue weighted by atomic mass is 9.94. The first-order valence-electron chi connectivity index (χ1n) is 7.01. The fourth-order valence-corrected chi connectivity index (χ4v) is 2.33. The first-order chi connectivity index (χ1) is 9.13. The third-order valence-corrected chi connectivity index (χ3v) is 3.36. The van der Waals surface area contributed by atoms with Gasteiger partial charge in [-0.25, -0.2) is 0 Å². The quantitative estimate of drug-likeness (QED) is 0.803. The van der Waals surface area contributed by atoms with Crippen LogP contribution in [0.2, 0.25) is 0 Å². The number of nitrogens with one attached hydrogen (secondary N) is 1. The summed E-state index contributed by atoms with van der Waals surface area (Å²) in [6, 6.07) is 5.86. The predicted molar refractivity (Wildman–Crippen MR) is 78.7 cm³/mol. The molecule has 1 aliphatic heterocycles. The highest BCUT2D eigenvalue weighted by Gasteiger charge is 2.27. The highest BCUT2D eigenvalue weighted by Crippen LogP contribution is 2.29. The van der Waals surface area contributed by atoms with Gasteiger partial charge in [-0.3, -0.25) is 0 Å². The fourth-order valence-electron chi connectivity index (χ4n) is 2.33. The van der Waals surface area contributed by atoms with E-state index in [0.717, 1.165) is 43.9 Å². The molecule has 0 spiro atoms. The number of benzene rings is 1. The standard InChI is InChI=1S/C15H24N2O2/c1-3-8-19-14-10-12(5-6-13(14)16)17-15(2)7-4-9-18-11-15/h5-6,10,17H,3-4,7-9,11,16H2,1-2H3. The van der Waals surface area contributed by atoms with E-state index in [4.69, 9.17) is 15.2 Å². The van der Waals surface area contributed by atoms with Gasteiger partial charge in [0.2, 0.25) is 0 Å². The third-order valence-electron chi connectivity index (χ3n) is 3.36. The normalized spacial score (nSPS) is 23.1. The van der Waals surface area contributed by atoms with Crippen LogP contribution in [0, 0.1) is 0 Å². The van der Waals surface area contributed by atoms with Crippen molar-refractivity contribution in [3.63, 3.8) is 0 Å². The van der Waals surface area contributed by atoms with Gasteiger partial charge in [0.05, 0.1) is 24.4 Å². The van der Waals surface area contributed by atoms with Gasteiger partial charge in [0.15, 0.2) is 0 Å². The average molecular weight is 264 g/mol. The second-order valence-corrected chi connectivity index (χ2v) is 5.44. The zero-order valence-corrected chi connectivity index (χ0v) is 11.9. The molecule has 4 heteroatoms. The highest BCUT2D eigenvalue weighted by molar-refractivity contribution is 5.62. The molecule has 106 valence electrons. The van der Waals surface area contributed by atoms with Crippen LogP contribution in [0.25, 0.3) is 0 Å². The summed E-state index contributed by atoms with van der Waals surface area (Å²) in [4.78, 5) is 0.